The molecule has 0 saturated heterocycles. The summed E-state index contributed by atoms with van der Waals surface area (Å²) in [5.74, 6) is -2.03. The first kappa shape index (κ1) is 11.1. The molecule has 0 heterocycles. The molecule has 1 aromatic rings. The fourth-order valence-electron chi connectivity index (χ4n) is 0.940. The van der Waals surface area contributed by atoms with Gasteiger partial charge in [0.2, 0.25) is 0 Å². The standard InChI is InChI=1S/C8H6Cl2O4/c9-3-1-2-4(10)6(11)5(3)7(12)8(13)14/h1-2,7,11-12H,(H,13,14). The average Bonchev–Trinajstić information content (AvgIpc) is 2.12. The van der Waals surface area contributed by atoms with Crippen molar-refractivity contribution >= 4 is 29.2 Å². The van der Waals surface area contributed by atoms with Gasteiger partial charge in [-0.2, -0.15) is 0 Å². The summed E-state index contributed by atoms with van der Waals surface area (Å²) in [7, 11) is 0. The topological polar surface area (TPSA) is 77.8 Å². The zero-order valence-electron chi connectivity index (χ0n) is 6.74. The largest absolute Gasteiger partial charge is 0.506 e. The number of benzene rings is 1. The van der Waals surface area contributed by atoms with Crippen LogP contribution in [0, 0.1) is 0 Å². The average molecular weight is 237 g/mol. The Bertz CT molecular complexity index is 378. The Kier molecular flexibility index (Phi) is 3.21. The van der Waals surface area contributed by atoms with E-state index < -0.39 is 17.8 Å². The lowest BCUT2D eigenvalue weighted by atomic mass is 10.1. The number of aliphatic hydroxyl groups is 1. The van der Waals surface area contributed by atoms with E-state index in [9.17, 15) is 15.0 Å². The Morgan fingerprint density at radius 1 is 1.29 bits per heavy atom. The molecule has 1 rings (SSSR count). The van der Waals surface area contributed by atoms with Crippen LogP contribution in [-0.4, -0.2) is 21.3 Å². The highest BCUT2D eigenvalue weighted by Crippen LogP contribution is 2.36. The fraction of sp³-hybridized carbons (Fsp3) is 0.125. The van der Waals surface area contributed by atoms with Gasteiger partial charge in [-0.25, -0.2) is 4.79 Å². The molecule has 4 nitrogen and oxygen atoms in total. The predicted octanol–water partition coefficient (Wildman–Crippen LogP) is 1.82. The fourth-order valence-corrected chi connectivity index (χ4v) is 1.36. The first-order valence-corrected chi connectivity index (χ1v) is 4.28. The predicted molar refractivity (Wildman–Crippen MR) is 50.7 cm³/mol. The molecule has 1 aromatic carbocycles. The van der Waals surface area contributed by atoms with Crippen LogP contribution in [0.15, 0.2) is 12.1 Å². The second kappa shape index (κ2) is 4.04. The SMILES string of the molecule is O=C(O)C(O)c1c(Cl)ccc(Cl)c1O. The highest BCUT2D eigenvalue weighted by molar-refractivity contribution is 6.35. The van der Waals surface area contributed by atoms with Crippen LogP contribution in [0.25, 0.3) is 0 Å². The molecule has 0 spiro atoms. The number of phenolic OH excluding ortho intramolecular Hbond substituents is 1. The number of halogens is 2. The summed E-state index contributed by atoms with van der Waals surface area (Å²) in [6.07, 6.45) is -1.89. The maximum absolute atomic E-state index is 10.5. The van der Waals surface area contributed by atoms with Crippen LogP contribution in [-0.2, 0) is 4.79 Å². The quantitative estimate of drug-likeness (QED) is 0.732. The Balaban J connectivity index is 3.32. The van der Waals surface area contributed by atoms with Gasteiger partial charge in [-0.3, -0.25) is 0 Å². The first-order valence-electron chi connectivity index (χ1n) is 3.53. The minimum atomic E-state index is -1.89. The van der Waals surface area contributed by atoms with Crippen molar-refractivity contribution in [3.05, 3.63) is 27.7 Å². The summed E-state index contributed by atoms with van der Waals surface area (Å²) in [6, 6.07) is 2.60. The minimum absolute atomic E-state index is 0.0539. The van der Waals surface area contributed by atoms with Gasteiger partial charge >= 0.3 is 5.97 Å². The van der Waals surface area contributed by atoms with Crippen LogP contribution in [0.4, 0.5) is 0 Å². The number of phenols is 1. The third kappa shape index (κ3) is 1.92. The van der Waals surface area contributed by atoms with Crippen molar-refractivity contribution in [1.82, 2.24) is 0 Å². The lowest BCUT2D eigenvalue weighted by Gasteiger charge is -2.10. The van der Waals surface area contributed by atoms with Crippen molar-refractivity contribution in [2.24, 2.45) is 0 Å². The molecule has 1 atom stereocenters. The van der Waals surface area contributed by atoms with E-state index >= 15 is 0 Å². The summed E-state index contributed by atoms with van der Waals surface area (Å²) in [6.45, 7) is 0. The van der Waals surface area contributed by atoms with Gasteiger partial charge in [0.1, 0.15) is 5.75 Å². The lowest BCUT2D eigenvalue weighted by molar-refractivity contribution is -0.147. The summed E-state index contributed by atoms with van der Waals surface area (Å²) < 4.78 is 0. The van der Waals surface area contributed by atoms with Crippen LogP contribution in [0.5, 0.6) is 5.75 Å². The molecule has 1 unspecified atom stereocenters. The summed E-state index contributed by atoms with van der Waals surface area (Å²) >= 11 is 11.1. The number of carboxylic acid groups (broad SMARTS) is 1. The van der Waals surface area contributed by atoms with Crippen molar-refractivity contribution in [3.8, 4) is 5.75 Å². The van der Waals surface area contributed by atoms with Crippen LogP contribution in [0.2, 0.25) is 10.0 Å². The Morgan fingerprint density at radius 3 is 2.29 bits per heavy atom. The van der Waals surface area contributed by atoms with Crippen molar-refractivity contribution in [3.63, 3.8) is 0 Å². The molecule has 0 aromatic heterocycles. The van der Waals surface area contributed by atoms with Gasteiger partial charge in [-0.05, 0) is 12.1 Å². The van der Waals surface area contributed by atoms with Crippen LogP contribution >= 0.6 is 23.2 Å². The Morgan fingerprint density at radius 2 is 1.79 bits per heavy atom. The molecule has 14 heavy (non-hydrogen) atoms. The summed E-state index contributed by atoms with van der Waals surface area (Å²) in [4.78, 5) is 10.5. The molecule has 76 valence electrons. The van der Waals surface area contributed by atoms with Gasteiger partial charge in [-0.15, -0.1) is 0 Å². The highest BCUT2D eigenvalue weighted by Gasteiger charge is 2.24. The number of hydrogen-bond acceptors (Lipinski definition) is 3. The van der Waals surface area contributed by atoms with Crippen molar-refractivity contribution in [2.45, 2.75) is 6.10 Å². The third-order valence-electron chi connectivity index (χ3n) is 1.62. The van der Waals surface area contributed by atoms with Crippen LogP contribution < -0.4 is 0 Å². The molecule has 0 radical (unpaired) electrons. The first-order chi connectivity index (χ1) is 6.45. The zero-order chi connectivity index (χ0) is 10.9. The van der Waals surface area contributed by atoms with E-state index in [1.807, 2.05) is 0 Å². The van der Waals surface area contributed by atoms with E-state index in [1.165, 1.54) is 12.1 Å². The van der Waals surface area contributed by atoms with Gasteiger partial charge in [0.25, 0.3) is 0 Å². The molecule has 0 aliphatic carbocycles. The van der Waals surface area contributed by atoms with E-state index in [0.717, 1.165) is 0 Å². The highest BCUT2D eigenvalue weighted by atomic mass is 35.5. The summed E-state index contributed by atoms with van der Waals surface area (Å²) in [5.41, 5.74) is -0.299. The molecule has 3 N–H and O–H groups in total. The number of rotatable bonds is 2. The molecular formula is C8H6Cl2O4. The van der Waals surface area contributed by atoms with Crippen molar-refractivity contribution < 1.29 is 20.1 Å². The molecule has 0 aliphatic heterocycles. The van der Waals surface area contributed by atoms with E-state index in [4.69, 9.17) is 28.3 Å². The molecule has 0 bridgehead atoms. The van der Waals surface area contributed by atoms with Gasteiger partial charge in [0, 0.05) is 0 Å². The van der Waals surface area contributed by atoms with E-state index in [-0.39, 0.29) is 15.6 Å². The maximum Gasteiger partial charge on any atom is 0.337 e. The molecular weight excluding hydrogens is 231 g/mol. The number of carbonyl (C=O) groups is 1. The maximum atomic E-state index is 10.5. The Hall–Kier alpha value is -0.970. The lowest BCUT2D eigenvalue weighted by Crippen LogP contribution is -2.11. The number of carboxylic acids is 1. The molecule has 0 saturated carbocycles. The number of aliphatic hydroxyl groups excluding tert-OH is 1. The molecule has 0 amide bonds. The molecule has 0 fully saturated rings. The minimum Gasteiger partial charge on any atom is -0.506 e. The Labute approximate surface area is 89.3 Å². The molecule has 6 heteroatoms. The van der Waals surface area contributed by atoms with Gasteiger partial charge < -0.3 is 15.3 Å². The zero-order valence-corrected chi connectivity index (χ0v) is 8.25. The molecule has 0 aliphatic rings. The summed E-state index contributed by atoms with van der Waals surface area (Å²) in [5, 5.41) is 26.9. The number of aromatic hydroxyl groups is 1. The van der Waals surface area contributed by atoms with E-state index in [2.05, 4.69) is 0 Å². The van der Waals surface area contributed by atoms with Crippen LogP contribution in [0.1, 0.15) is 11.7 Å². The van der Waals surface area contributed by atoms with Crippen molar-refractivity contribution in [1.29, 1.82) is 0 Å². The number of aliphatic carboxylic acids is 1. The number of hydrogen-bond donors (Lipinski definition) is 3. The monoisotopic (exact) mass is 236 g/mol. The normalized spacial score (nSPS) is 12.5. The van der Waals surface area contributed by atoms with Crippen LogP contribution in [0.3, 0.4) is 0 Å². The van der Waals surface area contributed by atoms with E-state index in [1.54, 1.807) is 0 Å². The van der Waals surface area contributed by atoms with Gasteiger partial charge in [-0.1, -0.05) is 23.2 Å². The van der Waals surface area contributed by atoms with Gasteiger partial charge in [0.05, 0.1) is 15.6 Å². The smallest absolute Gasteiger partial charge is 0.337 e. The van der Waals surface area contributed by atoms with Gasteiger partial charge in [0.15, 0.2) is 6.10 Å². The second-order valence-corrected chi connectivity index (χ2v) is 3.35. The van der Waals surface area contributed by atoms with Crippen molar-refractivity contribution in [2.75, 3.05) is 0 Å². The second-order valence-electron chi connectivity index (χ2n) is 2.53. The van der Waals surface area contributed by atoms with E-state index in [0.29, 0.717) is 0 Å². The third-order valence-corrected chi connectivity index (χ3v) is 2.26.